The summed E-state index contributed by atoms with van der Waals surface area (Å²) in [5, 5.41) is 13.9. The van der Waals surface area contributed by atoms with Crippen LogP contribution in [0, 0.1) is 5.92 Å². The fraction of sp³-hybridized carbons (Fsp3) is 0.333. The zero-order valence-corrected chi connectivity index (χ0v) is 14.9. The van der Waals surface area contributed by atoms with Gasteiger partial charge in [0.15, 0.2) is 0 Å². The van der Waals surface area contributed by atoms with Crippen LogP contribution in [0.25, 0.3) is 11.3 Å². The quantitative estimate of drug-likeness (QED) is 0.701. The molecule has 0 bridgehead atoms. The number of carbonyl (C=O) groups is 2. The van der Waals surface area contributed by atoms with Crippen LogP contribution in [0.15, 0.2) is 36.8 Å². The molecule has 26 heavy (non-hydrogen) atoms. The number of carbonyl (C=O) groups excluding carboxylic acids is 1. The Kier molecular flexibility index (Phi) is 6.48. The molecule has 1 aromatic heterocycles. The second-order valence-corrected chi connectivity index (χ2v) is 5.99. The Morgan fingerprint density at radius 2 is 2.04 bits per heavy atom. The maximum Gasteiger partial charge on any atom is 0.404 e. The van der Waals surface area contributed by atoms with Crippen LogP contribution in [0.3, 0.4) is 0 Å². The van der Waals surface area contributed by atoms with Gasteiger partial charge in [-0.3, -0.25) is 4.79 Å². The minimum absolute atomic E-state index is 0.194. The number of rotatable bonds is 7. The minimum atomic E-state index is -1.10. The summed E-state index contributed by atoms with van der Waals surface area (Å²) in [5.74, 6) is 0.0281. The molecule has 3 N–H and O–H groups in total. The third kappa shape index (κ3) is 5.17. The molecule has 8 heteroatoms. The monoisotopic (exact) mass is 358 g/mol. The number of nitrogens with one attached hydrogen (secondary N) is 2. The second-order valence-electron chi connectivity index (χ2n) is 5.99. The van der Waals surface area contributed by atoms with E-state index in [1.165, 1.54) is 6.33 Å². The van der Waals surface area contributed by atoms with E-state index < -0.39 is 6.09 Å². The highest BCUT2D eigenvalue weighted by molar-refractivity contribution is 5.93. The van der Waals surface area contributed by atoms with Crippen molar-refractivity contribution in [2.24, 2.45) is 5.92 Å². The first-order valence-electron chi connectivity index (χ1n) is 8.15. The number of ether oxygens (including phenoxy) is 1. The van der Waals surface area contributed by atoms with Crippen LogP contribution in [-0.4, -0.2) is 40.2 Å². The Bertz CT molecular complexity index is 767. The van der Waals surface area contributed by atoms with Gasteiger partial charge in [0.2, 0.25) is 5.91 Å². The second kappa shape index (κ2) is 8.80. The summed E-state index contributed by atoms with van der Waals surface area (Å²) < 4.78 is 5.40. The standard InChI is InChI=1S/C18H22N4O4/c1-11(8-12(2)21-18(24)25)17(23)22-13-4-5-14(16(9-13)26-3)15-6-7-19-10-20-15/h4-7,9-12,21H,8H2,1-3H3,(H,22,23)(H,24,25). The van der Waals surface area contributed by atoms with Crippen molar-refractivity contribution < 1.29 is 19.4 Å². The Morgan fingerprint density at radius 1 is 1.27 bits per heavy atom. The molecule has 2 rings (SSSR count). The van der Waals surface area contributed by atoms with Gasteiger partial charge in [0.25, 0.3) is 0 Å². The molecule has 0 radical (unpaired) electrons. The lowest BCUT2D eigenvalue weighted by Gasteiger charge is -2.17. The van der Waals surface area contributed by atoms with Crippen LogP contribution < -0.4 is 15.4 Å². The predicted octanol–water partition coefficient (Wildman–Crippen LogP) is 2.77. The Morgan fingerprint density at radius 3 is 2.65 bits per heavy atom. The van der Waals surface area contributed by atoms with Crippen molar-refractivity contribution in [2.75, 3.05) is 12.4 Å². The number of carboxylic acid groups (broad SMARTS) is 1. The maximum absolute atomic E-state index is 12.3. The summed E-state index contributed by atoms with van der Waals surface area (Å²) in [6, 6.07) is 6.76. The number of hydrogen-bond acceptors (Lipinski definition) is 5. The van der Waals surface area contributed by atoms with E-state index in [0.717, 1.165) is 11.3 Å². The normalized spacial score (nSPS) is 12.7. The molecule has 0 aliphatic carbocycles. The number of amides is 2. The van der Waals surface area contributed by atoms with Gasteiger partial charge in [-0.25, -0.2) is 14.8 Å². The predicted molar refractivity (Wildman–Crippen MR) is 97.1 cm³/mol. The Hall–Kier alpha value is -3.16. The molecule has 0 aliphatic rings. The van der Waals surface area contributed by atoms with E-state index in [9.17, 15) is 9.59 Å². The van der Waals surface area contributed by atoms with Crippen LogP contribution in [0.2, 0.25) is 0 Å². The fourth-order valence-corrected chi connectivity index (χ4v) is 2.60. The van der Waals surface area contributed by atoms with Crippen molar-refractivity contribution in [3.8, 4) is 17.0 Å². The number of aromatic nitrogens is 2. The summed E-state index contributed by atoms with van der Waals surface area (Å²) in [5.41, 5.74) is 2.10. The summed E-state index contributed by atoms with van der Waals surface area (Å²) in [6.45, 7) is 3.47. The van der Waals surface area contributed by atoms with E-state index in [0.29, 0.717) is 17.9 Å². The molecule has 0 spiro atoms. The maximum atomic E-state index is 12.3. The van der Waals surface area contributed by atoms with Crippen molar-refractivity contribution in [3.63, 3.8) is 0 Å². The van der Waals surface area contributed by atoms with E-state index >= 15 is 0 Å². The first-order valence-corrected chi connectivity index (χ1v) is 8.15. The van der Waals surface area contributed by atoms with Gasteiger partial charge >= 0.3 is 6.09 Å². The van der Waals surface area contributed by atoms with Gasteiger partial charge in [-0.05, 0) is 31.5 Å². The van der Waals surface area contributed by atoms with Crippen molar-refractivity contribution in [3.05, 3.63) is 36.8 Å². The van der Waals surface area contributed by atoms with Gasteiger partial charge in [-0.1, -0.05) is 6.92 Å². The Labute approximate surface area is 151 Å². The highest BCUT2D eigenvalue weighted by atomic mass is 16.5. The lowest BCUT2D eigenvalue weighted by molar-refractivity contribution is -0.119. The van der Waals surface area contributed by atoms with E-state index in [4.69, 9.17) is 9.84 Å². The molecule has 2 atom stereocenters. The topological polar surface area (TPSA) is 113 Å². The van der Waals surface area contributed by atoms with Crippen LogP contribution in [0.4, 0.5) is 10.5 Å². The highest BCUT2D eigenvalue weighted by Crippen LogP contribution is 2.31. The average molecular weight is 358 g/mol. The Balaban J connectivity index is 2.07. The third-order valence-corrected chi connectivity index (χ3v) is 3.85. The van der Waals surface area contributed by atoms with Gasteiger partial charge in [-0.15, -0.1) is 0 Å². The van der Waals surface area contributed by atoms with Crippen LogP contribution in [-0.2, 0) is 4.79 Å². The van der Waals surface area contributed by atoms with Gasteiger partial charge in [0.1, 0.15) is 12.1 Å². The molecule has 0 fully saturated rings. The molecule has 8 nitrogen and oxygen atoms in total. The molecular formula is C18H22N4O4. The molecule has 138 valence electrons. The molecule has 2 aromatic rings. The van der Waals surface area contributed by atoms with Crippen LogP contribution in [0.5, 0.6) is 5.75 Å². The van der Waals surface area contributed by atoms with Crippen molar-refractivity contribution in [2.45, 2.75) is 26.3 Å². The van der Waals surface area contributed by atoms with Gasteiger partial charge in [-0.2, -0.15) is 0 Å². The molecule has 1 aromatic carbocycles. The smallest absolute Gasteiger partial charge is 0.404 e. The van der Waals surface area contributed by atoms with E-state index in [2.05, 4.69) is 20.6 Å². The number of nitrogens with zero attached hydrogens (tertiary/aromatic N) is 2. The lowest BCUT2D eigenvalue weighted by atomic mass is 10.0. The zero-order chi connectivity index (χ0) is 19.1. The third-order valence-electron chi connectivity index (χ3n) is 3.85. The van der Waals surface area contributed by atoms with Crippen molar-refractivity contribution >= 4 is 17.7 Å². The van der Waals surface area contributed by atoms with Crippen molar-refractivity contribution in [1.29, 1.82) is 0 Å². The molecule has 0 saturated carbocycles. The first kappa shape index (κ1) is 19.2. The van der Waals surface area contributed by atoms with Gasteiger partial charge in [0, 0.05) is 35.5 Å². The number of benzene rings is 1. The average Bonchev–Trinajstić information content (AvgIpc) is 2.61. The summed E-state index contributed by atoms with van der Waals surface area (Å²) in [6.07, 6.45) is 2.40. The van der Waals surface area contributed by atoms with Crippen molar-refractivity contribution in [1.82, 2.24) is 15.3 Å². The minimum Gasteiger partial charge on any atom is -0.496 e. The number of anilines is 1. The van der Waals surface area contributed by atoms with Crippen LogP contribution in [0.1, 0.15) is 20.3 Å². The van der Waals surface area contributed by atoms with Crippen LogP contribution >= 0.6 is 0 Å². The number of methoxy groups -OCH3 is 1. The van der Waals surface area contributed by atoms with Gasteiger partial charge in [0.05, 0.1) is 12.8 Å². The lowest BCUT2D eigenvalue weighted by Crippen LogP contribution is -2.34. The molecule has 0 aliphatic heterocycles. The fourth-order valence-electron chi connectivity index (χ4n) is 2.60. The first-order chi connectivity index (χ1) is 12.4. The molecular weight excluding hydrogens is 336 g/mol. The largest absolute Gasteiger partial charge is 0.496 e. The number of hydrogen-bond donors (Lipinski definition) is 3. The SMILES string of the molecule is COc1cc(NC(=O)C(C)CC(C)NC(=O)O)ccc1-c1ccncn1. The molecule has 0 saturated heterocycles. The summed E-state index contributed by atoms with van der Waals surface area (Å²) >= 11 is 0. The van der Waals surface area contributed by atoms with Gasteiger partial charge < -0.3 is 20.5 Å². The zero-order valence-electron chi connectivity index (χ0n) is 14.9. The molecule has 2 amide bonds. The van der Waals surface area contributed by atoms with E-state index in [-0.39, 0.29) is 17.9 Å². The highest BCUT2D eigenvalue weighted by Gasteiger charge is 2.18. The summed E-state index contributed by atoms with van der Waals surface area (Å²) in [4.78, 5) is 31.1. The molecule has 1 heterocycles. The summed E-state index contributed by atoms with van der Waals surface area (Å²) in [7, 11) is 1.55. The molecule has 2 unspecified atom stereocenters. The van der Waals surface area contributed by atoms with E-state index in [1.54, 1.807) is 45.4 Å². The van der Waals surface area contributed by atoms with E-state index in [1.807, 2.05) is 6.07 Å².